The predicted octanol–water partition coefficient (Wildman–Crippen LogP) is 5.03. The van der Waals surface area contributed by atoms with E-state index in [1.807, 2.05) is 42.5 Å². The molecule has 1 heterocycles. The summed E-state index contributed by atoms with van der Waals surface area (Å²) in [6.07, 6.45) is 5.86. The Morgan fingerprint density at radius 1 is 1.05 bits per heavy atom. The summed E-state index contributed by atoms with van der Waals surface area (Å²) in [6.45, 7) is 0.813. The molecule has 3 aromatic rings. The molecular weight excluding hydrogens is 288 g/mol. The number of hydrogen-bond acceptors (Lipinski definition) is 3. The Hall–Kier alpha value is -2.39. The van der Waals surface area contributed by atoms with E-state index in [-0.39, 0.29) is 0 Å². The van der Waals surface area contributed by atoms with E-state index in [1.165, 1.54) is 21.2 Å². The normalized spacial score (nSPS) is 11.7. The van der Waals surface area contributed by atoms with E-state index in [4.69, 9.17) is 0 Å². The molecule has 0 saturated carbocycles. The van der Waals surface area contributed by atoms with Crippen LogP contribution in [0.15, 0.2) is 71.2 Å². The molecule has 0 aliphatic heterocycles. The molecule has 22 heavy (non-hydrogen) atoms. The van der Waals surface area contributed by atoms with Crippen LogP contribution in [0.2, 0.25) is 0 Å². The number of fused-ring (bicyclic) bond motifs is 1. The van der Waals surface area contributed by atoms with Gasteiger partial charge in [0.05, 0.1) is 6.54 Å². The Kier molecular flexibility index (Phi) is 4.66. The van der Waals surface area contributed by atoms with Crippen LogP contribution in [0.1, 0.15) is 11.1 Å². The lowest BCUT2D eigenvalue weighted by atomic mass is 10.1. The topological polar surface area (TPSA) is 15.6 Å². The highest BCUT2D eigenvalue weighted by Crippen LogP contribution is 2.25. The number of allylic oxidation sites excluding steroid dienone is 1. The summed E-state index contributed by atoms with van der Waals surface area (Å²) in [4.78, 5) is 0. The Balaban J connectivity index is 1.63. The Morgan fingerprint density at radius 2 is 1.91 bits per heavy atom. The van der Waals surface area contributed by atoms with E-state index in [2.05, 4.69) is 53.0 Å². The van der Waals surface area contributed by atoms with Crippen LogP contribution in [0.3, 0.4) is 0 Å². The van der Waals surface area contributed by atoms with Gasteiger partial charge in [0.15, 0.2) is 0 Å². The molecule has 0 unspecified atom stereocenters. The van der Waals surface area contributed by atoms with E-state index in [1.54, 1.807) is 11.3 Å². The van der Waals surface area contributed by atoms with Crippen molar-refractivity contribution in [1.29, 1.82) is 0 Å². The molecule has 0 radical (unpaired) electrons. The molecular formula is C19H18N2S. The Labute approximate surface area is 135 Å². The fourth-order valence-electron chi connectivity index (χ4n) is 2.34. The molecule has 2 aromatic carbocycles. The van der Waals surface area contributed by atoms with Gasteiger partial charge in [0, 0.05) is 18.0 Å². The van der Waals surface area contributed by atoms with Crippen LogP contribution in [-0.4, -0.2) is 18.3 Å². The van der Waals surface area contributed by atoms with Gasteiger partial charge in [-0.3, -0.25) is 5.01 Å². The van der Waals surface area contributed by atoms with Crippen LogP contribution < -0.4 is 0 Å². The van der Waals surface area contributed by atoms with Gasteiger partial charge in [-0.05, 0) is 34.0 Å². The fourth-order valence-corrected chi connectivity index (χ4v) is 3.24. The van der Waals surface area contributed by atoms with Crippen LogP contribution in [0.4, 0.5) is 0 Å². The predicted molar refractivity (Wildman–Crippen MR) is 97.3 cm³/mol. The Bertz CT molecular complexity index is 787. The third kappa shape index (κ3) is 3.62. The summed E-state index contributed by atoms with van der Waals surface area (Å²) in [6, 6.07) is 18.8. The van der Waals surface area contributed by atoms with E-state index in [9.17, 15) is 0 Å². The monoisotopic (exact) mass is 306 g/mol. The third-order valence-corrected chi connectivity index (χ3v) is 4.40. The van der Waals surface area contributed by atoms with Crippen LogP contribution >= 0.6 is 11.3 Å². The van der Waals surface area contributed by atoms with Crippen molar-refractivity contribution in [3.63, 3.8) is 0 Å². The SMILES string of the molecule is CN(Cc1cccc2ccsc12)/N=C/C=C/c1ccccc1. The lowest BCUT2D eigenvalue weighted by Gasteiger charge is -2.12. The summed E-state index contributed by atoms with van der Waals surface area (Å²) in [5, 5.41) is 9.86. The van der Waals surface area contributed by atoms with E-state index in [0.717, 1.165) is 6.54 Å². The van der Waals surface area contributed by atoms with Gasteiger partial charge in [-0.15, -0.1) is 11.3 Å². The van der Waals surface area contributed by atoms with E-state index < -0.39 is 0 Å². The fraction of sp³-hybridized carbons (Fsp3) is 0.105. The molecule has 1 aromatic heterocycles. The summed E-state index contributed by atoms with van der Waals surface area (Å²) >= 11 is 1.79. The van der Waals surface area contributed by atoms with Crippen molar-refractivity contribution in [2.75, 3.05) is 7.05 Å². The van der Waals surface area contributed by atoms with Crippen LogP contribution in [-0.2, 0) is 6.54 Å². The van der Waals surface area contributed by atoms with Gasteiger partial charge < -0.3 is 0 Å². The first-order valence-electron chi connectivity index (χ1n) is 7.25. The summed E-state index contributed by atoms with van der Waals surface area (Å²) in [5.41, 5.74) is 2.50. The second kappa shape index (κ2) is 7.05. The number of nitrogens with zero attached hydrogens (tertiary/aromatic N) is 2. The molecule has 0 fully saturated rings. The molecule has 0 N–H and O–H groups in total. The number of benzene rings is 2. The van der Waals surface area contributed by atoms with Crippen molar-refractivity contribution in [2.45, 2.75) is 6.54 Å². The van der Waals surface area contributed by atoms with Crippen LogP contribution in [0, 0.1) is 0 Å². The van der Waals surface area contributed by atoms with Gasteiger partial charge in [-0.2, -0.15) is 5.10 Å². The third-order valence-electron chi connectivity index (χ3n) is 3.40. The van der Waals surface area contributed by atoms with Gasteiger partial charge in [0.25, 0.3) is 0 Å². The van der Waals surface area contributed by atoms with Gasteiger partial charge in [-0.25, -0.2) is 0 Å². The first-order valence-corrected chi connectivity index (χ1v) is 8.13. The average molecular weight is 306 g/mol. The average Bonchev–Trinajstić information content (AvgIpc) is 3.02. The minimum Gasteiger partial charge on any atom is -0.296 e. The van der Waals surface area contributed by atoms with Crippen molar-refractivity contribution in [3.8, 4) is 0 Å². The molecule has 2 nitrogen and oxygen atoms in total. The van der Waals surface area contributed by atoms with Gasteiger partial charge in [-0.1, -0.05) is 54.6 Å². The quantitative estimate of drug-likeness (QED) is 0.476. The minimum atomic E-state index is 0.813. The van der Waals surface area contributed by atoms with Gasteiger partial charge in [0.1, 0.15) is 0 Å². The second-order valence-corrected chi connectivity index (χ2v) is 6.02. The number of hydrazone groups is 1. The molecule has 0 aliphatic rings. The van der Waals surface area contributed by atoms with E-state index in [0.29, 0.717) is 0 Å². The molecule has 110 valence electrons. The molecule has 0 atom stereocenters. The molecule has 0 saturated heterocycles. The van der Waals surface area contributed by atoms with E-state index >= 15 is 0 Å². The molecule has 0 bridgehead atoms. The zero-order valence-electron chi connectivity index (χ0n) is 12.5. The lowest BCUT2D eigenvalue weighted by molar-refractivity contribution is 0.350. The van der Waals surface area contributed by atoms with Crippen molar-refractivity contribution in [3.05, 3.63) is 77.2 Å². The highest BCUT2D eigenvalue weighted by Gasteiger charge is 2.03. The number of hydrogen-bond donors (Lipinski definition) is 0. The molecule has 3 rings (SSSR count). The highest BCUT2D eigenvalue weighted by atomic mass is 32.1. The van der Waals surface area contributed by atoms with Crippen molar-refractivity contribution in [1.82, 2.24) is 5.01 Å². The van der Waals surface area contributed by atoms with Crippen molar-refractivity contribution >= 4 is 33.7 Å². The van der Waals surface area contributed by atoms with Gasteiger partial charge >= 0.3 is 0 Å². The zero-order chi connectivity index (χ0) is 15.2. The largest absolute Gasteiger partial charge is 0.296 e. The Morgan fingerprint density at radius 3 is 2.77 bits per heavy atom. The standard InChI is InChI=1S/C19H18N2S/c1-21(20-13-6-9-16-7-3-2-4-8-16)15-18-11-5-10-17-12-14-22-19(17)18/h2-14H,15H2,1H3/b9-6+,20-13+. The summed E-state index contributed by atoms with van der Waals surface area (Å²) < 4.78 is 1.35. The van der Waals surface area contributed by atoms with Crippen molar-refractivity contribution in [2.24, 2.45) is 5.10 Å². The molecule has 0 spiro atoms. The molecule has 0 amide bonds. The summed E-state index contributed by atoms with van der Waals surface area (Å²) in [7, 11) is 2.00. The molecule has 3 heteroatoms. The maximum atomic E-state index is 4.45. The number of rotatable bonds is 5. The minimum absolute atomic E-state index is 0.813. The first-order chi connectivity index (χ1) is 10.8. The van der Waals surface area contributed by atoms with Crippen LogP contribution in [0.25, 0.3) is 16.2 Å². The van der Waals surface area contributed by atoms with Crippen molar-refractivity contribution < 1.29 is 0 Å². The summed E-state index contributed by atoms with van der Waals surface area (Å²) in [5.74, 6) is 0. The maximum absolute atomic E-state index is 4.45. The molecule has 0 aliphatic carbocycles. The van der Waals surface area contributed by atoms with Gasteiger partial charge in [0.2, 0.25) is 0 Å². The maximum Gasteiger partial charge on any atom is 0.0621 e. The second-order valence-electron chi connectivity index (χ2n) is 5.11. The zero-order valence-corrected chi connectivity index (χ0v) is 13.3. The van der Waals surface area contributed by atoms with Crippen LogP contribution in [0.5, 0.6) is 0 Å². The highest BCUT2D eigenvalue weighted by molar-refractivity contribution is 7.17. The smallest absolute Gasteiger partial charge is 0.0621 e. The number of thiophene rings is 1. The first kappa shape index (κ1) is 14.5. The lowest BCUT2D eigenvalue weighted by Crippen LogP contribution is -2.10.